The van der Waals surface area contributed by atoms with Crippen molar-refractivity contribution in [1.29, 1.82) is 0 Å². The van der Waals surface area contributed by atoms with Gasteiger partial charge in [0.1, 0.15) is 12.6 Å². The maximum Gasteiger partial charge on any atom is 0.407 e. The van der Waals surface area contributed by atoms with Gasteiger partial charge in [-0.3, -0.25) is 0 Å². The Kier molecular flexibility index (Phi) is 9.10. The third-order valence-electron chi connectivity index (χ3n) is 3.93. The molecule has 0 aliphatic rings. The monoisotopic (exact) mass is 400 g/mol. The number of nitrogens with two attached hydrogens (primary N) is 1. The maximum absolute atomic E-state index is 12.0. The van der Waals surface area contributed by atoms with Gasteiger partial charge in [0, 0.05) is 12.1 Å². The van der Waals surface area contributed by atoms with Crippen molar-refractivity contribution < 1.29 is 19.1 Å². The Morgan fingerprint density at radius 2 is 1.64 bits per heavy atom. The molecule has 7 heteroatoms. The van der Waals surface area contributed by atoms with E-state index in [2.05, 4.69) is 5.32 Å². The molecule has 28 heavy (non-hydrogen) atoms. The number of ether oxygens (including phenoxy) is 2. The van der Waals surface area contributed by atoms with Gasteiger partial charge in [-0.05, 0) is 37.0 Å². The minimum Gasteiger partial charge on any atom is -0.445 e. The number of thiocarbonyl (C=S) groups is 1. The minimum atomic E-state index is -0.758. The highest BCUT2D eigenvalue weighted by Crippen LogP contribution is 2.06. The smallest absolute Gasteiger partial charge is 0.407 e. The molecule has 1 atom stereocenters. The van der Waals surface area contributed by atoms with E-state index >= 15 is 0 Å². The molecule has 0 aromatic heterocycles. The van der Waals surface area contributed by atoms with Gasteiger partial charge < -0.3 is 20.5 Å². The zero-order chi connectivity index (χ0) is 20.2. The molecule has 1 amide bonds. The highest BCUT2D eigenvalue weighted by molar-refractivity contribution is 7.80. The molecule has 2 rings (SSSR count). The van der Waals surface area contributed by atoms with Crippen LogP contribution in [-0.4, -0.2) is 29.7 Å². The summed E-state index contributed by atoms with van der Waals surface area (Å²) in [6.07, 6.45) is 1.30. The second-order valence-corrected chi connectivity index (χ2v) is 6.54. The standard InChI is InChI=1S/C21H24N2O4S/c22-18(19(24)27-20(28)17-11-5-2-6-12-17)13-7-8-14-23-21(25)26-15-16-9-3-1-4-10-16/h1-6,9-12,18H,7-8,13-15,22H2,(H,23,25). The van der Waals surface area contributed by atoms with Crippen molar-refractivity contribution in [2.45, 2.75) is 31.9 Å². The van der Waals surface area contributed by atoms with Gasteiger partial charge in [0.15, 0.2) is 0 Å². The van der Waals surface area contributed by atoms with E-state index in [0.29, 0.717) is 31.4 Å². The second kappa shape index (κ2) is 11.8. The van der Waals surface area contributed by atoms with Gasteiger partial charge in [-0.25, -0.2) is 9.59 Å². The van der Waals surface area contributed by atoms with Crippen LogP contribution in [0.2, 0.25) is 0 Å². The Morgan fingerprint density at radius 1 is 1.00 bits per heavy atom. The Bertz CT molecular complexity index is 768. The van der Waals surface area contributed by atoms with Crippen LogP contribution in [0.1, 0.15) is 30.4 Å². The Morgan fingerprint density at radius 3 is 2.32 bits per heavy atom. The van der Waals surface area contributed by atoms with Crippen LogP contribution >= 0.6 is 12.2 Å². The van der Waals surface area contributed by atoms with Gasteiger partial charge in [0.05, 0.1) is 0 Å². The van der Waals surface area contributed by atoms with Crippen LogP contribution in [0.25, 0.3) is 0 Å². The zero-order valence-corrected chi connectivity index (χ0v) is 16.3. The van der Waals surface area contributed by atoms with Crippen molar-refractivity contribution in [2.24, 2.45) is 5.73 Å². The lowest BCUT2D eigenvalue weighted by Gasteiger charge is -2.12. The summed E-state index contributed by atoms with van der Waals surface area (Å²) in [5.41, 5.74) is 7.44. The molecule has 0 heterocycles. The van der Waals surface area contributed by atoms with Crippen LogP contribution in [0.5, 0.6) is 0 Å². The van der Waals surface area contributed by atoms with Gasteiger partial charge >= 0.3 is 12.1 Å². The van der Waals surface area contributed by atoms with Gasteiger partial charge in [-0.15, -0.1) is 0 Å². The Hall–Kier alpha value is -2.77. The van der Waals surface area contributed by atoms with Crippen LogP contribution < -0.4 is 11.1 Å². The lowest BCUT2D eigenvalue weighted by atomic mass is 10.1. The number of rotatable bonds is 9. The summed E-state index contributed by atoms with van der Waals surface area (Å²) in [5.74, 6) is -0.552. The summed E-state index contributed by atoms with van der Waals surface area (Å²) < 4.78 is 10.3. The number of amides is 1. The molecule has 0 radical (unpaired) electrons. The molecule has 148 valence electrons. The van der Waals surface area contributed by atoms with Crippen molar-refractivity contribution in [1.82, 2.24) is 5.32 Å². The third kappa shape index (κ3) is 7.85. The number of carbonyl (C=O) groups excluding carboxylic acids is 2. The first-order valence-electron chi connectivity index (χ1n) is 9.07. The van der Waals surface area contributed by atoms with Crippen LogP contribution in [0.4, 0.5) is 4.79 Å². The number of carbonyl (C=O) groups is 2. The van der Waals surface area contributed by atoms with E-state index < -0.39 is 18.1 Å². The van der Waals surface area contributed by atoms with E-state index in [1.165, 1.54) is 0 Å². The first-order chi connectivity index (χ1) is 13.6. The van der Waals surface area contributed by atoms with Gasteiger partial charge in [0.2, 0.25) is 5.05 Å². The molecular weight excluding hydrogens is 376 g/mol. The molecule has 0 spiro atoms. The predicted molar refractivity (Wildman–Crippen MR) is 111 cm³/mol. The number of unbranched alkanes of at least 4 members (excludes halogenated alkanes) is 1. The highest BCUT2D eigenvalue weighted by Gasteiger charge is 2.17. The van der Waals surface area contributed by atoms with E-state index in [-0.39, 0.29) is 11.7 Å². The molecule has 3 N–H and O–H groups in total. The van der Waals surface area contributed by atoms with E-state index in [4.69, 9.17) is 27.4 Å². The third-order valence-corrected chi connectivity index (χ3v) is 4.25. The lowest BCUT2D eigenvalue weighted by Crippen LogP contribution is -2.34. The highest BCUT2D eigenvalue weighted by atomic mass is 32.1. The molecule has 2 aromatic rings. The number of hydrogen-bond acceptors (Lipinski definition) is 6. The predicted octanol–water partition coefficient (Wildman–Crippen LogP) is 3.33. The number of nitrogens with one attached hydrogen (secondary N) is 1. The van der Waals surface area contributed by atoms with Crippen LogP contribution in [-0.2, 0) is 20.9 Å². The van der Waals surface area contributed by atoms with E-state index in [9.17, 15) is 9.59 Å². The molecule has 0 fully saturated rings. The van der Waals surface area contributed by atoms with Crippen molar-refractivity contribution in [3.05, 3.63) is 71.8 Å². The maximum atomic E-state index is 12.0. The quantitative estimate of drug-likeness (QED) is 0.381. The number of alkyl carbamates (subject to hydrolysis) is 1. The summed E-state index contributed by atoms with van der Waals surface area (Å²) >= 11 is 5.10. The average molecular weight is 401 g/mol. The van der Waals surface area contributed by atoms with Gasteiger partial charge in [-0.1, -0.05) is 60.7 Å². The molecule has 1 unspecified atom stereocenters. The fourth-order valence-electron chi connectivity index (χ4n) is 2.37. The fraction of sp³-hybridized carbons (Fsp3) is 0.286. The van der Waals surface area contributed by atoms with E-state index in [1.807, 2.05) is 48.5 Å². The summed E-state index contributed by atoms with van der Waals surface area (Å²) in [6, 6.07) is 17.7. The summed E-state index contributed by atoms with van der Waals surface area (Å²) in [4.78, 5) is 23.6. The summed E-state index contributed by atoms with van der Waals surface area (Å²) in [5, 5.41) is 2.79. The topological polar surface area (TPSA) is 90.6 Å². The number of benzene rings is 2. The largest absolute Gasteiger partial charge is 0.445 e. The molecule has 6 nitrogen and oxygen atoms in total. The normalized spacial score (nSPS) is 11.3. The lowest BCUT2D eigenvalue weighted by molar-refractivity contribution is -0.136. The summed E-state index contributed by atoms with van der Waals surface area (Å²) in [6.45, 7) is 0.669. The van der Waals surface area contributed by atoms with Crippen LogP contribution in [0.3, 0.4) is 0 Å². The van der Waals surface area contributed by atoms with Gasteiger partial charge in [0.25, 0.3) is 0 Å². The van der Waals surface area contributed by atoms with Crippen molar-refractivity contribution >= 4 is 29.3 Å². The Labute approximate surface area is 170 Å². The number of hydrogen-bond donors (Lipinski definition) is 2. The Balaban J connectivity index is 1.56. The molecule has 0 saturated heterocycles. The molecule has 0 bridgehead atoms. The molecule has 0 aliphatic heterocycles. The second-order valence-electron chi connectivity index (χ2n) is 6.17. The van der Waals surface area contributed by atoms with Gasteiger partial charge in [-0.2, -0.15) is 0 Å². The van der Waals surface area contributed by atoms with Crippen molar-refractivity contribution in [3.8, 4) is 0 Å². The molecular formula is C21H24N2O4S. The zero-order valence-electron chi connectivity index (χ0n) is 15.5. The molecule has 0 aliphatic carbocycles. The van der Waals surface area contributed by atoms with Crippen LogP contribution in [0, 0.1) is 0 Å². The average Bonchev–Trinajstić information content (AvgIpc) is 2.73. The van der Waals surface area contributed by atoms with Crippen molar-refractivity contribution in [3.63, 3.8) is 0 Å². The first-order valence-corrected chi connectivity index (χ1v) is 9.48. The minimum absolute atomic E-state index is 0.115. The van der Waals surface area contributed by atoms with Crippen molar-refractivity contribution in [2.75, 3.05) is 6.54 Å². The summed E-state index contributed by atoms with van der Waals surface area (Å²) in [7, 11) is 0. The van der Waals surface area contributed by atoms with Crippen LogP contribution in [0.15, 0.2) is 60.7 Å². The van der Waals surface area contributed by atoms with E-state index in [1.54, 1.807) is 12.1 Å². The number of esters is 1. The fourth-order valence-corrected chi connectivity index (χ4v) is 2.59. The SMILES string of the molecule is NC(CCCCNC(=O)OCc1ccccc1)C(=O)OC(=S)c1ccccc1. The van der Waals surface area contributed by atoms with E-state index in [0.717, 1.165) is 5.56 Å². The molecule has 0 saturated carbocycles. The first kappa shape index (κ1) is 21.5. The molecule has 2 aromatic carbocycles.